The first-order chi connectivity index (χ1) is 19.7. The van der Waals surface area contributed by atoms with E-state index in [9.17, 15) is 19.5 Å². The number of benzene rings is 3. The lowest BCUT2D eigenvalue weighted by Gasteiger charge is -2.38. The van der Waals surface area contributed by atoms with Gasteiger partial charge in [0, 0.05) is 11.4 Å². The van der Waals surface area contributed by atoms with Gasteiger partial charge in [0.2, 0.25) is 17.7 Å². The summed E-state index contributed by atoms with van der Waals surface area (Å²) in [4.78, 5) is 44.1. The van der Waals surface area contributed by atoms with Gasteiger partial charge in [0.05, 0.1) is 30.1 Å². The van der Waals surface area contributed by atoms with Crippen molar-refractivity contribution in [1.82, 2.24) is 4.90 Å². The molecule has 3 aromatic carbocycles. The normalized spacial score (nSPS) is 29.1. The molecule has 1 spiro atoms. The molecule has 0 saturated carbocycles. The number of para-hydroxylation sites is 1. The van der Waals surface area contributed by atoms with Crippen LogP contribution in [0.3, 0.4) is 0 Å². The number of rotatable bonds is 8. The summed E-state index contributed by atoms with van der Waals surface area (Å²) < 4.78 is 6.84. The van der Waals surface area contributed by atoms with E-state index < -0.39 is 35.1 Å². The lowest BCUT2D eigenvalue weighted by Crippen LogP contribution is -2.57. The van der Waals surface area contributed by atoms with Crippen LogP contribution in [-0.4, -0.2) is 57.6 Å². The van der Waals surface area contributed by atoms with Gasteiger partial charge in [-0.2, -0.15) is 0 Å². The number of carbonyl (C=O) groups excluding carboxylic acids is 3. The van der Waals surface area contributed by atoms with Gasteiger partial charge in [-0.15, -0.1) is 0 Å². The summed E-state index contributed by atoms with van der Waals surface area (Å²) in [5.41, 5.74) is -0.764. The van der Waals surface area contributed by atoms with Crippen LogP contribution in [0.4, 0.5) is 11.4 Å². The van der Waals surface area contributed by atoms with Gasteiger partial charge in [-0.25, -0.2) is 0 Å². The van der Waals surface area contributed by atoms with Crippen LogP contribution in [0.2, 0.25) is 0 Å². The maximum atomic E-state index is 14.4. The molecule has 214 valence electrons. The van der Waals surface area contributed by atoms with E-state index in [0.29, 0.717) is 30.6 Å². The number of nitrogens with zero attached hydrogens (tertiary/aromatic N) is 1. The van der Waals surface area contributed by atoms with Crippen LogP contribution >= 0.6 is 0 Å². The minimum Gasteiger partial charge on any atom is -0.394 e. The molecule has 3 heterocycles. The number of hydrogen-bond donors (Lipinski definition) is 3. The predicted octanol–water partition coefficient (Wildman–Crippen LogP) is 4.59. The first-order valence-electron chi connectivity index (χ1n) is 14.5. The SMILES string of the molecule is CC[C@@]12CCC3(O1)C(C(=O)Nc1ccc4ccccc4c1)N([C@@H](CO)C(C)C)C(=O)[C@@H]3[C@@H]2C(=O)Nc1ccccc1. The molecule has 3 aromatic rings. The molecule has 6 atom stereocenters. The zero-order valence-electron chi connectivity index (χ0n) is 23.7. The van der Waals surface area contributed by atoms with E-state index in [0.717, 1.165) is 10.8 Å². The Balaban J connectivity index is 1.40. The molecule has 0 aliphatic carbocycles. The highest BCUT2D eigenvalue weighted by Crippen LogP contribution is 2.64. The quantitative estimate of drug-likeness (QED) is 0.377. The highest BCUT2D eigenvalue weighted by atomic mass is 16.5. The van der Waals surface area contributed by atoms with Gasteiger partial charge in [0.1, 0.15) is 11.6 Å². The molecule has 8 nitrogen and oxygen atoms in total. The molecule has 3 fully saturated rings. The molecule has 2 unspecified atom stereocenters. The molecule has 3 amide bonds. The van der Waals surface area contributed by atoms with Gasteiger partial charge >= 0.3 is 0 Å². The topological polar surface area (TPSA) is 108 Å². The summed E-state index contributed by atoms with van der Waals surface area (Å²) >= 11 is 0. The highest BCUT2D eigenvalue weighted by molar-refractivity contribution is 6.06. The van der Waals surface area contributed by atoms with E-state index in [4.69, 9.17) is 4.74 Å². The molecule has 2 bridgehead atoms. The van der Waals surface area contributed by atoms with Crippen molar-refractivity contribution in [2.45, 2.75) is 63.3 Å². The maximum absolute atomic E-state index is 14.4. The third-order valence-corrected chi connectivity index (χ3v) is 9.52. The highest BCUT2D eigenvalue weighted by Gasteiger charge is 2.79. The van der Waals surface area contributed by atoms with E-state index in [1.54, 1.807) is 0 Å². The van der Waals surface area contributed by atoms with Crippen molar-refractivity contribution >= 4 is 39.9 Å². The number of likely N-dealkylation sites (tertiary alicyclic amines) is 1. The number of ether oxygens (including phenoxy) is 1. The first-order valence-corrected chi connectivity index (χ1v) is 14.5. The molecule has 0 aromatic heterocycles. The van der Waals surface area contributed by atoms with Crippen molar-refractivity contribution in [3.8, 4) is 0 Å². The molecular formula is C33H37N3O5. The number of aliphatic hydroxyl groups is 1. The average molecular weight is 556 g/mol. The van der Waals surface area contributed by atoms with Gasteiger partial charge in [-0.3, -0.25) is 14.4 Å². The van der Waals surface area contributed by atoms with E-state index >= 15 is 0 Å². The van der Waals surface area contributed by atoms with Crippen molar-refractivity contribution in [3.63, 3.8) is 0 Å². The number of anilines is 2. The summed E-state index contributed by atoms with van der Waals surface area (Å²) in [6.45, 7) is 5.51. The monoisotopic (exact) mass is 555 g/mol. The van der Waals surface area contributed by atoms with E-state index in [-0.39, 0.29) is 30.2 Å². The minimum absolute atomic E-state index is 0.121. The number of amides is 3. The predicted molar refractivity (Wildman–Crippen MR) is 157 cm³/mol. The molecule has 3 aliphatic heterocycles. The van der Waals surface area contributed by atoms with Crippen molar-refractivity contribution in [1.29, 1.82) is 0 Å². The lowest BCUT2D eigenvalue weighted by molar-refractivity contribution is -0.149. The number of hydrogen-bond acceptors (Lipinski definition) is 5. The maximum Gasteiger partial charge on any atom is 0.250 e. The number of aliphatic hydroxyl groups excluding tert-OH is 1. The number of nitrogens with one attached hydrogen (secondary N) is 2. The summed E-state index contributed by atoms with van der Waals surface area (Å²) in [6, 6.07) is 21.2. The average Bonchev–Trinajstić information content (AvgIpc) is 3.57. The van der Waals surface area contributed by atoms with Crippen LogP contribution in [0.5, 0.6) is 0 Å². The van der Waals surface area contributed by atoms with E-state index in [1.807, 2.05) is 93.6 Å². The van der Waals surface area contributed by atoms with E-state index in [1.165, 1.54) is 4.90 Å². The van der Waals surface area contributed by atoms with Crippen LogP contribution in [0.15, 0.2) is 72.8 Å². The third-order valence-electron chi connectivity index (χ3n) is 9.52. The van der Waals surface area contributed by atoms with Crippen molar-refractivity contribution in [2.75, 3.05) is 17.2 Å². The molecule has 6 rings (SSSR count). The second kappa shape index (κ2) is 10.3. The summed E-state index contributed by atoms with van der Waals surface area (Å²) in [7, 11) is 0. The van der Waals surface area contributed by atoms with Gasteiger partial charge in [0.15, 0.2) is 0 Å². The van der Waals surface area contributed by atoms with Crippen LogP contribution in [0.1, 0.15) is 40.0 Å². The Kier molecular flexibility index (Phi) is 6.86. The minimum atomic E-state index is -1.17. The Morgan fingerprint density at radius 3 is 2.32 bits per heavy atom. The fourth-order valence-corrected chi connectivity index (χ4v) is 7.55. The summed E-state index contributed by atoms with van der Waals surface area (Å²) in [5.74, 6) is -2.67. The molecule has 41 heavy (non-hydrogen) atoms. The smallest absolute Gasteiger partial charge is 0.250 e. The van der Waals surface area contributed by atoms with Gasteiger partial charge in [0.25, 0.3) is 0 Å². The van der Waals surface area contributed by atoms with Crippen LogP contribution < -0.4 is 10.6 Å². The Morgan fingerprint density at radius 2 is 1.63 bits per heavy atom. The second-order valence-electron chi connectivity index (χ2n) is 12.0. The van der Waals surface area contributed by atoms with Crippen molar-refractivity contribution in [3.05, 3.63) is 72.8 Å². The van der Waals surface area contributed by atoms with Crippen LogP contribution in [-0.2, 0) is 19.1 Å². The first kappa shape index (κ1) is 27.4. The van der Waals surface area contributed by atoms with Crippen LogP contribution in [0, 0.1) is 17.8 Å². The van der Waals surface area contributed by atoms with Crippen molar-refractivity contribution in [2.24, 2.45) is 17.8 Å². The molecule has 0 radical (unpaired) electrons. The van der Waals surface area contributed by atoms with Crippen molar-refractivity contribution < 1.29 is 24.2 Å². The zero-order chi connectivity index (χ0) is 28.9. The molecular weight excluding hydrogens is 518 g/mol. The lowest BCUT2D eigenvalue weighted by atomic mass is 9.65. The van der Waals surface area contributed by atoms with Gasteiger partial charge < -0.3 is 25.4 Å². The fraction of sp³-hybridized carbons (Fsp3) is 0.424. The molecule has 3 aliphatic rings. The Morgan fingerprint density at radius 1 is 0.951 bits per heavy atom. The summed E-state index contributed by atoms with van der Waals surface area (Å²) in [5, 5.41) is 18.5. The Hall–Kier alpha value is -3.75. The van der Waals surface area contributed by atoms with Gasteiger partial charge in [-0.1, -0.05) is 69.3 Å². The largest absolute Gasteiger partial charge is 0.394 e. The zero-order valence-corrected chi connectivity index (χ0v) is 23.7. The number of fused-ring (bicyclic) bond motifs is 2. The molecule has 3 saturated heterocycles. The Labute approximate surface area is 240 Å². The molecule has 8 heteroatoms. The third kappa shape index (κ3) is 4.23. The van der Waals surface area contributed by atoms with Crippen LogP contribution in [0.25, 0.3) is 10.8 Å². The summed E-state index contributed by atoms with van der Waals surface area (Å²) in [6.07, 6.45) is 1.59. The Bertz CT molecular complexity index is 1490. The number of carbonyl (C=O) groups is 3. The van der Waals surface area contributed by atoms with E-state index in [2.05, 4.69) is 10.6 Å². The van der Waals surface area contributed by atoms with Gasteiger partial charge in [-0.05, 0) is 60.2 Å². The standard InChI is InChI=1S/C33H37N3O5/c1-4-32-16-17-33(41-32)27(26(32)29(38)34-23-12-6-5-7-13-23)31(40)36(25(19-37)20(2)3)28(33)30(39)35-24-15-14-21-10-8-9-11-22(21)18-24/h5-15,18,20,25-28,37H,4,16-17,19H2,1-3H3,(H,34,38)(H,35,39)/t25-,26+,27-,28?,32-,33?/m0/s1. The molecule has 3 N–H and O–H groups in total. The fourth-order valence-electron chi connectivity index (χ4n) is 7.55. The second-order valence-corrected chi connectivity index (χ2v) is 12.0.